The quantitative estimate of drug-likeness (QED) is 0.401. The fourth-order valence-corrected chi connectivity index (χ4v) is 6.00. The lowest BCUT2D eigenvalue weighted by Crippen LogP contribution is -2.40. The lowest BCUT2D eigenvalue weighted by atomic mass is 9.86. The predicted octanol–water partition coefficient (Wildman–Crippen LogP) is 5.77. The van der Waals surface area contributed by atoms with Crippen LogP contribution in [0.3, 0.4) is 0 Å². The Bertz CT molecular complexity index is 1040. The second-order valence-electron chi connectivity index (χ2n) is 10.4. The van der Waals surface area contributed by atoms with Gasteiger partial charge in [-0.25, -0.2) is 8.42 Å². The van der Waals surface area contributed by atoms with E-state index in [-0.39, 0.29) is 28.9 Å². The van der Waals surface area contributed by atoms with E-state index in [0.29, 0.717) is 25.1 Å². The van der Waals surface area contributed by atoms with Crippen LogP contribution >= 0.6 is 0 Å². The minimum atomic E-state index is -3.11. The van der Waals surface area contributed by atoms with Crippen LogP contribution in [0.4, 0.5) is 0 Å². The third kappa shape index (κ3) is 7.33. The first-order valence-corrected chi connectivity index (χ1v) is 14.2. The zero-order chi connectivity index (χ0) is 24.8. The van der Waals surface area contributed by atoms with E-state index in [1.165, 1.54) is 18.4 Å². The van der Waals surface area contributed by atoms with Crippen molar-refractivity contribution in [2.45, 2.75) is 77.8 Å². The van der Waals surface area contributed by atoms with Gasteiger partial charge in [0.15, 0.2) is 9.84 Å². The van der Waals surface area contributed by atoms with Crippen LogP contribution in [0.25, 0.3) is 0 Å². The zero-order valence-corrected chi connectivity index (χ0v) is 21.9. The molecule has 0 spiro atoms. The van der Waals surface area contributed by atoms with Gasteiger partial charge in [-0.2, -0.15) is 0 Å². The van der Waals surface area contributed by atoms with E-state index >= 15 is 0 Å². The maximum Gasteiger partial charge on any atom is 0.254 e. The molecule has 6 heteroatoms. The molecule has 1 saturated heterocycles. The van der Waals surface area contributed by atoms with Gasteiger partial charge in [0.25, 0.3) is 5.91 Å². The molecule has 2 aromatic rings. The highest BCUT2D eigenvalue weighted by atomic mass is 32.2. The topological polar surface area (TPSA) is 63.7 Å². The van der Waals surface area contributed by atoms with Crippen molar-refractivity contribution in [2.75, 3.05) is 18.1 Å². The van der Waals surface area contributed by atoms with Crippen LogP contribution in [-0.2, 0) is 21.8 Å². The molecular weight excluding hydrogens is 446 g/mol. The van der Waals surface area contributed by atoms with Crippen molar-refractivity contribution >= 4 is 15.7 Å². The van der Waals surface area contributed by atoms with Crippen molar-refractivity contribution in [1.82, 2.24) is 4.90 Å². The number of unbranched alkanes of at least 4 members (excludes halogenated alkanes) is 3. The highest BCUT2D eigenvalue weighted by Crippen LogP contribution is 2.26. The van der Waals surface area contributed by atoms with E-state index < -0.39 is 9.84 Å². The molecule has 1 aliphatic rings. The van der Waals surface area contributed by atoms with E-state index in [9.17, 15) is 13.2 Å². The largest absolute Gasteiger partial charge is 0.494 e. The summed E-state index contributed by atoms with van der Waals surface area (Å²) in [5, 5.41) is 0. The van der Waals surface area contributed by atoms with Crippen LogP contribution < -0.4 is 4.74 Å². The van der Waals surface area contributed by atoms with Crippen molar-refractivity contribution in [2.24, 2.45) is 0 Å². The van der Waals surface area contributed by atoms with Crippen LogP contribution in [0.5, 0.6) is 5.75 Å². The number of benzene rings is 2. The van der Waals surface area contributed by atoms with Gasteiger partial charge in [0.2, 0.25) is 0 Å². The lowest BCUT2D eigenvalue weighted by molar-refractivity contribution is 0.0681. The number of hydrogen-bond acceptors (Lipinski definition) is 4. The van der Waals surface area contributed by atoms with E-state index in [1.54, 1.807) is 17.0 Å². The Morgan fingerprint density at radius 3 is 2.24 bits per heavy atom. The SMILES string of the molecule is CCCCCCOc1ccc(C(=O)N(Cc2ccc(C(C)(C)C)cc2)[C@H]2CCS(=O)(=O)C2)cc1. The normalized spacial score (nSPS) is 17.5. The summed E-state index contributed by atoms with van der Waals surface area (Å²) >= 11 is 0. The summed E-state index contributed by atoms with van der Waals surface area (Å²) in [6.07, 6.45) is 5.06. The highest BCUT2D eigenvalue weighted by Gasteiger charge is 2.35. The van der Waals surface area contributed by atoms with Crippen molar-refractivity contribution < 1.29 is 17.9 Å². The molecule has 2 aromatic carbocycles. The van der Waals surface area contributed by atoms with Gasteiger partial charge in [-0.15, -0.1) is 0 Å². The Balaban J connectivity index is 1.73. The average Bonchev–Trinajstić information content (AvgIpc) is 3.16. The van der Waals surface area contributed by atoms with Gasteiger partial charge in [0.05, 0.1) is 18.1 Å². The van der Waals surface area contributed by atoms with Gasteiger partial charge in [-0.05, 0) is 53.6 Å². The van der Waals surface area contributed by atoms with E-state index in [1.807, 2.05) is 24.3 Å². The number of carbonyl (C=O) groups is 1. The fraction of sp³-hybridized carbons (Fsp3) is 0.536. The summed E-state index contributed by atoms with van der Waals surface area (Å²) < 4.78 is 30.1. The molecule has 186 valence electrons. The van der Waals surface area contributed by atoms with E-state index in [0.717, 1.165) is 24.2 Å². The fourth-order valence-electron chi connectivity index (χ4n) is 4.27. The molecule has 0 unspecified atom stereocenters. The molecule has 1 amide bonds. The third-order valence-electron chi connectivity index (χ3n) is 6.45. The lowest BCUT2D eigenvalue weighted by Gasteiger charge is -2.29. The van der Waals surface area contributed by atoms with E-state index in [2.05, 4.69) is 39.8 Å². The summed E-state index contributed by atoms with van der Waals surface area (Å²) in [6.45, 7) is 9.74. The molecule has 0 aromatic heterocycles. The van der Waals surface area contributed by atoms with Gasteiger partial charge in [-0.3, -0.25) is 4.79 Å². The van der Waals surface area contributed by atoms with E-state index in [4.69, 9.17) is 4.74 Å². The summed E-state index contributed by atoms with van der Waals surface area (Å²) in [6, 6.07) is 15.2. The van der Waals surface area contributed by atoms with Crippen LogP contribution in [0.1, 0.15) is 81.3 Å². The van der Waals surface area contributed by atoms with Gasteiger partial charge < -0.3 is 9.64 Å². The Kier molecular flexibility index (Phi) is 8.80. The van der Waals surface area contributed by atoms with Crippen LogP contribution in [0.2, 0.25) is 0 Å². The third-order valence-corrected chi connectivity index (χ3v) is 8.20. The minimum absolute atomic E-state index is 0.0256. The highest BCUT2D eigenvalue weighted by molar-refractivity contribution is 7.91. The summed E-state index contributed by atoms with van der Waals surface area (Å²) in [5.41, 5.74) is 2.82. The van der Waals surface area contributed by atoms with Crippen molar-refractivity contribution in [1.29, 1.82) is 0 Å². The molecule has 34 heavy (non-hydrogen) atoms. The first-order valence-electron chi connectivity index (χ1n) is 12.4. The molecule has 1 atom stereocenters. The zero-order valence-electron chi connectivity index (χ0n) is 21.0. The second kappa shape index (κ2) is 11.4. The number of sulfone groups is 1. The molecular formula is C28H39NO4S. The first kappa shape index (κ1) is 26.3. The summed E-state index contributed by atoms with van der Waals surface area (Å²) in [5.74, 6) is 0.768. The van der Waals surface area contributed by atoms with Crippen molar-refractivity contribution in [3.05, 3.63) is 65.2 Å². The molecule has 0 N–H and O–H groups in total. The van der Waals surface area contributed by atoms with Crippen LogP contribution in [0.15, 0.2) is 48.5 Å². The maximum atomic E-state index is 13.5. The first-order chi connectivity index (χ1) is 16.1. The maximum absolute atomic E-state index is 13.5. The molecule has 1 fully saturated rings. The molecule has 0 aliphatic carbocycles. The monoisotopic (exact) mass is 485 g/mol. The molecule has 1 heterocycles. The number of nitrogens with zero attached hydrogens (tertiary/aromatic N) is 1. The molecule has 3 rings (SSSR count). The van der Waals surface area contributed by atoms with Crippen LogP contribution in [-0.4, -0.2) is 43.4 Å². The molecule has 0 bridgehead atoms. The van der Waals surface area contributed by atoms with Gasteiger partial charge in [-0.1, -0.05) is 71.2 Å². The Labute approximate surface area is 205 Å². The number of hydrogen-bond donors (Lipinski definition) is 0. The number of ether oxygens (including phenoxy) is 1. The molecule has 5 nitrogen and oxygen atoms in total. The van der Waals surface area contributed by atoms with Crippen LogP contribution in [0, 0.1) is 0 Å². The smallest absolute Gasteiger partial charge is 0.254 e. The second-order valence-corrected chi connectivity index (χ2v) is 12.6. The van der Waals surface area contributed by atoms with Gasteiger partial charge in [0, 0.05) is 18.2 Å². The van der Waals surface area contributed by atoms with Gasteiger partial charge >= 0.3 is 0 Å². The van der Waals surface area contributed by atoms with Crippen molar-refractivity contribution in [3.8, 4) is 5.75 Å². The number of rotatable bonds is 10. The molecule has 1 aliphatic heterocycles. The number of carbonyl (C=O) groups excluding carboxylic acids is 1. The van der Waals surface area contributed by atoms with Crippen molar-refractivity contribution in [3.63, 3.8) is 0 Å². The average molecular weight is 486 g/mol. The predicted molar refractivity (Wildman–Crippen MR) is 138 cm³/mol. The number of amides is 1. The Hall–Kier alpha value is -2.34. The standard InChI is InChI=1S/C28H39NO4S/c1-5-6-7-8-18-33-26-15-11-23(12-16-26)27(30)29(25-17-19-34(31,32)21-25)20-22-9-13-24(14-10-22)28(2,3)4/h9-16,25H,5-8,17-21H2,1-4H3/t25-/m0/s1. The molecule has 0 radical (unpaired) electrons. The summed E-state index contributed by atoms with van der Waals surface area (Å²) in [7, 11) is -3.11. The minimum Gasteiger partial charge on any atom is -0.494 e. The Morgan fingerprint density at radius 2 is 1.68 bits per heavy atom. The Morgan fingerprint density at radius 1 is 1.00 bits per heavy atom. The molecule has 0 saturated carbocycles. The van der Waals surface area contributed by atoms with Gasteiger partial charge in [0.1, 0.15) is 5.75 Å². The summed E-state index contributed by atoms with van der Waals surface area (Å²) in [4.78, 5) is 15.2.